The van der Waals surface area contributed by atoms with Crippen LogP contribution in [0.4, 0.5) is 4.39 Å². The molecular formula is C7H8FOP. The lowest BCUT2D eigenvalue weighted by Crippen LogP contribution is -1.97. The molecule has 0 N–H and O–H groups in total. The first-order valence-corrected chi connectivity index (χ1v) is 3.41. The van der Waals surface area contributed by atoms with Crippen molar-refractivity contribution in [1.29, 1.82) is 0 Å². The van der Waals surface area contributed by atoms with Gasteiger partial charge < -0.3 is 4.74 Å². The van der Waals surface area contributed by atoms with Crippen molar-refractivity contribution in [3.63, 3.8) is 0 Å². The summed E-state index contributed by atoms with van der Waals surface area (Å²) < 4.78 is 17.4. The van der Waals surface area contributed by atoms with E-state index in [1.807, 2.05) is 0 Å². The Kier molecular flexibility index (Phi) is 2.23. The van der Waals surface area contributed by atoms with E-state index in [9.17, 15) is 4.39 Å². The molecule has 0 aliphatic heterocycles. The molecule has 54 valence electrons. The average molecular weight is 158 g/mol. The van der Waals surface area contributed by atoms with E-state index in [4.69, 9.17) is 4.74 Å². The molecular weight excluding hydrogens is 150 g/mol. The molecule has 1 rings (SSSR count). The number of methoxy groups -OCH3 is 1. The van der Waals surface area contributed by atoms with Crippen molar-refractivity contribution in [2.75, 3.05) is 7.11 Å². The molecule has 0 aliphatic rings. The molecule has 10 heavy (non-hydrogen) atoms. The Balaban J connectivity index is 3.04. The largest absolute Gasteiger partial charge is 0.497 e. The average Bonchev–Trinajstić information content (AvgIpc) is 1.95. The van der Waals surface area contributed by atoms with Gasteiger partial charge in [-0.3, -0.25) is 0 Å². The summed E-state index contributed by atoms with van der Waals surface area (Å²) in [7, 11) is 3.85. The summed E-state index contributed by atoms with van der Waals surface area (Å²) in [5, 5.41) is 0.527. The molecule has 0 aliphatic carbocycles. The molecule has 0 heterocycles. The number of hydrogen-bond acceptors (Lipinski definition) is 1. The van der Waals surface area contributed by atoms with Gasteiger partial charge in [0, 0.05) is 5.30 Å². The Morgan fingerprint density at radius 2 is 2.20 bits per heavy atom. The highest BCUT2D eigenvalue weighted by molar-refractivity contribution is 7.27. The molecule has 0 aromatic heterocycles. The van der Waals surface area contributed by atoms with Gasteiger partial charge in [0.1, 0.15) is 11.6 Å². The highest BCUT2D eigenvalue weighted by Gasteiger charge is 1.96. The van der Waals surface area contributed by atoms with Gasteiger partial charge in [0.25, 0.3) is 0 Å². The summed E-state index contributed by atoms with van der Waals surface area (Å²) in [4.78, 5) is 0. The molecule has 0 fully saturated rings. The molecule has 1 atom stereocenters. The van der Waals surface area contributed by atoms with Gasteiger partial charge in [-0.25, -0.2) is 4.39 Å². The zero-order chi connectivity index (χ0) is 7.56. The van der Waals surface area contributed by atoms with Gasteiger partial charge in [-0.1, -0.05) is 0 Å². The van der Waals surface area contributed by atoms with Gasteiger partial charge in [0.2, 0.25) is 0 Å². The third-order valence-electron chi connectivity index (χ3n) is 1.20. The third kappa shape index (κ3) is 1.45. The Labute approximate surface area is 61.4 Å². The fraction of sp³-hybridized carbons (Fsp3) is 0.143. The summed E-state index contributed by atoms with van der Waals surface area (Å²) in [6.07, 6.45) is 0. The van der Waals surface area contributed by atoms with Gasteiger partial charge in [0.05, 0.1) is 7.11 Å². The summed E-state index contributed by atoms with van der Waals surface area (Å²) in [6, 6.07) is 4.59. The van der Waals surface area contributed by atoms with Crippen LogP contribution in [0.5, 0.6) is 5.75 Å². The van der Waals surface area contributed by atoms with E-state index in [2.05, 4.69) is 9.24 Å². The first-order valence-electron chi connectivity index (χ1n) is 2.83. The van der Waals surface area contributed by atoms with Crippen molar-refractivity contribution in [3.8, 4) is 5.75 Å². The topological polar surface area (TPSA) is 9.23 Å². The Hall–Kier alpha value is -0.620. The smallest absolute Gasteiger partial charge is 0.130 e. The van der Waals surface area contributed by atoms with E-state index < -0.39 is 0 Å². The highest BCUT2D eigenvalue weighted by Crippen LogP contribution is 2.10. The molecule has 0 bridgehead atoms. The van der Waals surface area contributed by atoms with Gasteiger partial charge >= 0.3 is 0 Å². The van der Waals surface area contributed by atoms with E-state index in [0.29, 0.717) is 11.1 Å². The van der Waals surface area contributed by atoms with Crippen LogP contribution in [0.25, 0.3) is 0 Å². The lowest BCUT2D eigenvalue weighted by molar-refractivity contribution is 0.414. The van der Waals surface area contributed by atoms with E-state index in [1.165, 1.54) is 6.07 Å². The first kappa shape index (κ1) is 7.49. The van der Waals surface area contributed by atoms with Crippen LogP contribution >= 0.6 is 9.24 Å². The van der Waals surface area contributed by atoms with E-state index in [0.717, 1.165) is 0 Å². The van der Waals surface area contributed by atoms with E-state index >= 15 is 0 Å². The van der Waals surface area contributed by atoms with Crippen molar-refractivity contribution in [2.45, 2.75) is 0 Å². The minimum atomic E-state index is -0.231. The van der Waals surface area contributed by atoms with Crippen LogP contribution in [0, 0.1) is 5.82 Å². The maximum Gasteiger partial charge on any atom is 0.130 e. The van der Waals surface area contributed by atoms with Crippen LogP contribution in [-0.2, 0) is 0 Å². The molecule has 0 amide bonds. The van der Waals surface area contributed by atoms with E-state index in [1.54, 1.807) is 19.2 Å². The minimum absolute atomic E-state index is 0.231. The molecule has 0 spiro atoms. The first-order chi connectivity index (χ1) is 4.74. The van der Waals surface area contributed by atoms with E-state index in [-0.39, 0.29) is 5.82 Å². The van der Waals surface area contributed by atoms with Crippen LogP contribution in [-0.4, -0.2) is 7.11 Å². The molecule has 1 unspecified atom stereocenters. The standard InChI is InChI=1S/C7H8FOP/c1-9-5-2-3-6(8)7(10)4-5/h2-4H,10H2,1H3. The monoisotopic (exact) mass is 158 g/mol. The molecule has 1 aromatic rings. The normalized spacial score (nSPS) is 9.50. The van der Waals surface area contributed by atoms with Crippen molar-refractivity contribution < 1.29 is 9.13 Å². The molecule has 3 heteroatoms. The number of ether oxygens (including phenoxy) is 1. The number of hydrogen-bond donors (Lipinski definition) is 0. The zero-order valence-electron chi connectivity index (χ0n) is 5.60. The minimum Gasteiger partial charge on any atom is -0.497 e. The third-order valence-corrected chi connectivity index (χ3v) is 1.65. The SMILES string of the molecule is COc1ccc(F)c(P)c1. The van der Waals surface area contributed by atoms with Crippen molar-refractivity contribution in [3.05, 3.63) is 24.0 Å². The molecule has 1 nitrogen and oxygen atoms in total. The second kappa shape index (κ2) is 2.98. The second-order valence-corrected chi connectivity index (χ2v) is 2.51. The van der Waals surface area contributed by atoms with Gasteiger partial charge in [-0.2, -0.15) is 0 Å². The molecule has 0 saturated carbocycles. The Bertz CT molecular complexity index is 237. The summed E-state index contributed by atoms with van der Waals surface area (Å²) in [5.74, 6) is 0.442. The second-order valence-electron chi connectivity index (χ2n) is 1.89. The van der Waals surface area contributed by atoms with Crippen molar-refractivity contribution in [2.24, 2.45) is 0 Å². The molecule has 0 saturated heterocycles. The van der Waals surface area contributed by atoms with Gasteiger partial charge in [-0.15, -0.1) is 9.24 Å². The highest BCUT2D eigenvalue weighted by atomic mass is 31.0. The quantitative estimate of drug-likeness (QED) is 0.560. The Morgan fingerprint density at radius 3 is 2.70 bits per heavy atom. The zero-order valence-corrected chi connectivity index (χ0v) is 6.75. The summed E-state index contributed by atoms with van der Waals surface area (Å²) in [6.45, 7) is 0. The lowest BCUT2D eigenvalue weighted by atomic mass is 10.3. The van der Waals surface area contributed by atoms with Crippen LogP contribution in [0.15, 0.2) is 18.2 Å². The Morgan fingerprint density at radius 1 is 1.50 bits per heavy atom. The fourth-order valence-electron chi connectivity index (χ4n) is 0.649. The fourth-order valence-corrected chi connectivity index (χ4v) is 0.909. The van der Waals surface area contributed by atoms with Crippen LogP contribution in [0.2, 0.25) is 0 Å². The predicted molar refractivity (Wildman–Crippen MR) is 42.3 cm³/mol. The summed E-state index contributed by atoms with van der Waals surface area (Å²) in [5.41, 5.74) is 0. The van der Waals surface area contributed by atoms with Crippen molar-refractivity contribution >= 4 is 14.5 Å². The van der Waals surface area contributed by atoms with Crippen LogP contribution < -0.4 is 10.0 Å². The van der Waals surface area contributed by atoms with Crippen LogP contribution in [0.3, 0.4) is 0 Å². The number of rotatable bonds is 1. The lowest BCUT2D eigenvalue weighted by Gasteiger charge is -1.99. The summed E-state index contributed by atoms with van der Waals surface area (Å²) >= 11 is 0. The van der Waals surface area contributed by atoms with Crippen LogP contribution in [0.1, 0.15) is 0 Å². The predicted octanol–water partition coefficient (Wildman–Crippen LogP) is 1.33. The maximum absolute atomic E-state index is 12.6. The van der Waals surface area contributed by atoms with Gasteiger partial charge in [-0.05, 0) is 18.2 Å². The molecule has 1 aromatic carbocycles. The van der Waals surface area contributed by atoms with Crippen molar-refractivity contribution in [1.82, 2.24) is 0 Å². The maximum atomic E-state index is 12.6. The van der Waals surface area contributed by atoms with Gasteiger partial charge in [0.15, 0.2) is 0 Å². The number of benzene rings is 1. The molecule has 0 radical (unpaired) electrons. The number of halogens is 1.